The summed E-state index contributed by atoms with van der Waals surface area (Å²) in [7, 11) is 12.6. The Bertz CT molecular complexity index is 110. The highest BCUT2D eigenvalue weighted by molar-refractivity contribution is 6.47. The lowest BCUT2D eigenvalue weighted by Gasteiger charge is -2.36. The fourth-order valence-electron chi connectivity index (χ4n) is 0.370. The SMILES string of the molecule is [B]C(O)(Cl)C([B])(OC)OC. The van der Waals surface area contributed by atoms with E-state index in [0.29, 0.717) is 0 Å². The van der Waals surface area contributed by atoms with Crippen LogP contribution in [0.15, 0.2) is 0 Å². The summed E-state index contributed by atoms with van der Waals surface area (Å²) in [6, 6.07) is 0. The van der Waals surface area contributed by atoms with Crippen LogP contribution in [0.1, 0.15) is 0 Å². The van der Waals surface area contributed by atoms with E-state index in [2.05, 4.69) is 9.47 Å². The van der Waals surface area contributed by atoms with Gasteiger partial charge in [-0.2, -0.15) is 0 Å². The summed E-state index contributed by atoms with van der Waals surface area (Å²) in [5.41, 5.74) is -1.88. The monoisotopic (exact) mass is 160 g/mol. The Morgan fingerprint density at radius 1 is 1.30 bits per heavy atom. The first kappa shape index (κ1) is 10.3. The summed E-state index contributed by atoms with van der Waals surface area (Å²) in [5.74, 6) is 0. The molecule has 1 unspecified atom stereocenters. The lowest BCUT2D eigenvalue weighted by Crippen LogP contribution is -2.54. The molecule has 0 aromatic heterocycles. The molecule has 10 heavy (non-hydrogen) atoms. The van der Waals surface area contributed by atoms with Crippen LogP contribution in [0.3, 0.4) is 0 Å². The third-order valence-corrected chi connectivity index (χ3v) is 1.36. The highest BCUT2D eigenvalue weighted by Gasteiger charge is 2.40. The summed E-state index contributed by atoms with van der Waals surface area (Å²) >= 11 is 5.20. The number of alkyl halides is 1. The summed E-state index contributed by atoms with van der Waals surface area (Å²) in [4.78, 5) is -2.24. The summed E-state index contributed by atoms with van der Waals surface area (Å²) in [5, 5.41) is 8.90. The maximum absolute atomic E-state index is 8.90. The molecule has 0 fully saturated rings. The van der Waals surface area contributed by atoms with Crippen LogP contribution in [0, 0.1) is 0 Å². The highest BCUT2D eigenvalue weighted by Crippen LogP contribution is 2.24. The smallest absolute Gasteiger partial charge is 0.159 e. The number of halogens is 1. The molecule has 3 nitrogen and oxygen atoms in total. The molecule has 0 aliphatic carbocycles. The zero-order chi connectivity index (χ0) is 8.41. The van der Waals surface area contributed by atoms with Crippen molar-refractivity contribution in [3.05, 3.63) is 0 Å². The van der Waals surface area contributed by atoms with Crippen molar-refractivity contribution >= 4 is 27.3 Å². The molecule has 0 spiro atoms. The maximum Gasteiger partial charge on any atom is 0.159 e. The Morgan fingerprint density at radius 3 is 1.60 bits per heavy atom. The van der Waals surface area contributed by atoms with Gasteiger partial charge in [-0.25, -0.2) is 0 Å². The second-order valence-electron chi connectivity index (χ2n) is 1.75. The molecule has 1 atom stereocenters. The third-order valence-electron chi connectivity index (χ3n) is 1.10. The Hall–Kier alpha value is 0.300. The van der Waals surface area contributed by atoms with Crippen molar-refractivity contribution in [2.24, 2.45) is 0 Å². The minimum absolute atomic E-state index is 1.21. The van der Waals surface area contributed by atoms with E-state index in [1.165, 1.54) is 14.2 Å². The van der Waals surface area contributed by atoms with Gasteiger partial charge in [0, 0.05) is 14.2 Å². The normalized spacial score (nSPS) is 18.4. The molecule has 54 valence electrons. The Labute approximate surface area is 67.5 Å². The minimum atomic E-state index is -2.24. The van der Waals surface area contributed by atoms with Crippen molar-refractivity contribution in [2.75, 3.05) is 14.2 Å². The third kappa shape index (κ3) is 1.89. The molecule has 0 saturated carbocycles. The van der Waals surface area contributed by atoms with Crippen LogP contribution in [0.25, 0.3) is 0 Å². The fourth-order valence-corrected chi connectivity index (χ4v) is 0.524. The van der Waals surface area contributed by atoms with Gasteiger partial charge in [0.2, 0.25) is 0 Å². The van der Waals surface area contributed by atoms with Gasteiger partial charge in [-0.1, -0.05) is 11.6 Å². The second-order valence-corrected chi connectivity index (χ2v) is 2.33. The molecule has 0 bridgehead atoms. The molecule has 0 aliphatic rings. The minimum Gasteiger partial charge on any atom is -0.380 e. The van der Waals surface area contributed by atoms with Crippen molar-refractivity contribution in [1.29, 1.82) is 0 Å². The lowest BCUT2D eigenvalue weighted by atomic mass is 9.77. The van der Waals surface area contributed by atoms with Crippen molar-refractivity contribution in [1.82, 2.24) is 0 Å². The molecule has 6 heteroatoms. The van der Waals surface area contributed by atoms with Gasteiger partial charge in [-0.15, -0.1) is 0 Å². The van der Waals surface area contributed by atoms with E-state index in [9.17, 15) is 0 Å². The number of rotatable bonds is 3. The van der Waals surface area contributed by atoms with Gasteiger partial charge in [0.05, 0.1) is 0 Å². The van der Waals surface area contributed by atoms with Crippen molar-refractivity contribution in [2.45, 2.75) is 10.6 Å². The number of aliphatic hydroxyl groups is 1. The van der Waals surface area contributed by atoms with Crippen LogP contribution in [-0.2, 0) is 9.47 Å². The fraction of sp³-hybridized carbons (Fsp3) is 1.00. The van der Waals surface area contributed by atoms with E-state index in [0.717, 1.165) is 0 Å². The van der Waals surface area contributed by atoms with Gasteiger partial charge in [0.1, 0.15) is 12.8 Å². The Balaban J connectivity index is 4.33. The van der Waals surface area contributed by atoms with Gasteiger partial charge in [-0.05, 0) is 0 Å². The first-order valence-electron chi connectivity index (χ1n) is 2.46. The zero-order valence-electron chi connectivity index (χ0n) is 5.80. The van der Waals surface area contributed by atoms with Crippen LogP contribution < -0.4 is 0 Å². The number of hydrogen-bond acceptors (Lipinski definition) is 3. The van der Waals surface area contributed by atoms with E-state index in [4.69, 9.17) is 32.4 Å². The van der Waals surface area contributed by atoms with Gasteiger partial charge in [-0.3, -0.25) is 0 Å². The van der Waals surface area contributed by atoms with E-state index < -0.39 is 10.6 Å². The number of methoxy groups -OCH3 is 2. The van der Waals surface area contributed by atoms with Gasteiger partial charge >= 0.3 is 0 Å². The average Bonchev–Trinajstić information content (AvgIpc) is 1.84. The molecule has 0 saturated heterocycles. The zero-order valence-corrected chi connectivity index (χ0v) is 6.55. The number of ether oxygens (including phenoxy) is 2. The van der Waals surface area contributed by atoms with Crippen LogP contribution >= 0.6 is 11.6 Å². The quantitative estimate of drug-likeness (QED) is 0.332. The molecular formula is C4H7B2ClO3. The molecule has 0 aromatic carbocycles. The molecule has 4 radical (unpaired) electrons. The largest absolute Gasteiger partial charge is 0.380 e. The van der Waals surface area contributed by atoms with Crippen LogP contribution in [-0.4, -0.2) is 45.7 Å². The summed E-state index contributed by atoms with van der Waals surface area (Å²) < 4.78 is 9.00. The van der Waals surface area contributed by atoms with E-state index in [1.54, 1.807) is 0 Å². The predicted octanol–water partition coefficient (Wildman–Crippen LogP) is -0.845. The molecule has 0 heterocycles. The maximum atomic E-state index is 8.90. The first-order chi connectivity index (χ1) is 4.37. The van der Waals surface area contributed by atoms with Crippen molar-refractivity contribution in [3.8, 4) is 0 Å². The average molecular weight is 160 g/mol. The van der Waals surface area contributed by atoms with E-state index in [1.807, 2.05) is 0 Å². The lowest BCUT2D eigenvalue weighted by molar-refractivity contribution is -0.191. The molecule has 0 aromatic rings. The Kier molecular flexibility index (Phi) is 3.23. The molecule has 0 rings (SSSR count). The van der Waals surface area contributed by atoms with Gasteiger partial charge in [0.15, 0.2) is 13.5 Å². The number of hydrogen-bond donors (Lipinski definition) is 1. The van der Waals surface area contributed by atoms with E-state index in [-0.39, 0.29) is 0 Å². The van der Waals surface area contributed by atoms with Crippen molar-refractivity contribution < 1.29 is 14.6 Å². The topological polar surface area (TPSA) is 38.7 Å². The van der Waals surface area contributed by atoms with Crippen LogP contribution in [0.2, 0.25) is 0 Å². The van der Waals surface area contributed by atoms with E-state index >= 15 is 0 Å². The molecular weight excluding hydrogens is 153 g/mol. The second kappa shape index (κ2) is 3.13. The predicted molar refractivity (Wildman–Crippen MR) is 39.1 cm³/mol. The van der Waals surface area contributed by atoms with Gasteiger partial charge < -0.3 is 14.6 Å². The van der Waals surface area contributed by atoms with Crippen molar-refractivity contribution in [3.63, 3.8) is 0 Å². The Morgan fingerprint density at radius 2 is 1.60 bits per heavy atom. The molecule has 0 aliphatic heterocycles. The first-order valence-corrected chi connectivity index (χ1v) is 2.84. The van der Waals surface area contributed by atoms with Crippen LogP contribution in [0.5, 0.6) is 0 Å². The molecule has 1 N–H and O–H groups in total. The van der Waals surface area contributed by atoms with Gasteiger partial charge in [0.25, 0.3) is 0 Å². The summed E-state index contributed by atoms with van der Waals surface area (Å²) in [6.07, 6.45) is 0. The van der Waals surface area contributed by atoms with Crippen LogP contribution in [0.4, 0.5) is 0 Å². The standard InChI is InChI=1S/C4H7B2ClO3/c1-9-4(6,10-2)3(5,7)8/h8H,1-2H3. The molecule has 0 amide bonds. The highest BCUT2D eigenvalue weighted by atomic mass is 35.5. The summed E-state index contributed by atoms with van der Waals surface area (Å²) in [6.45, 7) is 0.